The van der Waals surface area contributed by atoms with E-state index in [1.165, 1.54) is 22.5 Å². The number of hydrogen-bond donors (Lipinski definition) is 0. The standard InChI is InChI=1S/C26H28O3S/c1-3-22(26(27)28-2)19-21-9-13-23(14-10-21)29-18-17-20-11-15-25(16-12-20)30-24-7-5-4-6-8-24/h4-16,22H,3,17-19H2,1-2H3. The number of methoxy groups -OCH3 is 1. The number of hydrogen-bond acceptors (Lipinski definition) is 4. The van der Waals surface area contributed by atoms with E-state index in [2.05, 4.69) is 48.5 Å². The lowest BCUT2D eigenvalue weighted by atomic mass is 9.97. The van der Waals surface area contributed by atoms with Crippen molar-refractivity contribution in [1.82, 2.24) is 0 Å². The second-order valence-corrected chi connectivity index (χ2v) is 8.28. The summed E-state index contributed by atoms with van der Waals surface area (Å²) in [6, 6.07) is 27.0. The van der Waals surface area contributed by atoms with Gasteiger partial charge in [-0.15, -0.1) is 0 Å². The Balaban J connectivity index is 1.45. The molecule has 0 aliphatic rings. The van der Waals surface area contributed by atoms with Crippen molar-refractivity contribution in [2.24, 2.45) is 5.92 Å². The van der Waals surface area contributed by atoms with Gasteiger partial charge in [0.1, 0.15) is 5.75 Å². The predicted molar refractivity (Wildman–Crippen MR) is 122 cm³/mol. The molecule has 4 heteroatoms. The first-order chi connectivity index (χ1) is 14.7. The molecule has 0 fully saturated rings. The molecule has 0 saturated carbocycles. The van der Waals surface area contributed by atoms with Gasteiger partial charge in [0.15, 0.2) is 0 Å². The van der Waals surface area contributed by atoms with E-state index < -0.39 is 0 Å². The second-order valence-electron chi connectivity index (χ2n) is 7.13. The van der Waals surface area contributed by atoms with E-state index in [9.17, 15) is 4.79 Å². The predicted octanol–water partition coefficient (Wildman–Crippen LogP) is 6.20. The third-order valence-electron chi connectivity index (χ3n) is 4.99. The Labute approximate surface area is 183 Å². The highest BCUT2D eigenvalue weighted by Crippen LogP contribution is 2.27. The molecule has 0 aliphatic carbocycles. The van der Waals surface area contributed by atoms with Gasteiger partial charge in [-0.2, -0.15) is 0 Å². The minimum absolute atomic E-state index is 0.0928. The molecule has 0 aromatic heterocycles. The van der Waals surface area contributed by atoms with Crippen LogP contribution >= 0.6 is 11.8 Å². The number of ether oxygens (including phenoxy) is 2. The number of benzene rings is 3. The zero-order valence-electron chi connectivity index (χ0n) is 17.5. The van der Waals surface area contributed by atoms with Crippen LogP contribution in [0, 0.1) is 5.92 Å². The van der Waals surface area contributed by atoms with Crippen molar-refractivity contribution in [2.75, 3.05) is 13.7 Å². The summed E-state index contributed by atoms with van der Waals surface area (Å²) in [5, 5.41) is 0. The lowest BCUT2D eigenvalue weighted by Gasteiger charge is -2.13. The molecule has 30 heavy (non-hydrogen) atoms. The zero-order chi connectivity index (χ0) is 21.2. The largest absolute Gasteiger partial charge is 0.493 e. The normalized spacial score (nSPS) is 11.7. The Morgan fingerprint density at radius 2 is 1.50 bits per heavy atom. The third-order valence-corrected chi connectivity index (χ3v) is 6.01. The van der Waals surface area contributed by atoms with Gasteiger partial charge in [-0.1, -0.05) is 61.2 Å². The van der Waals surface area contributed by atoms with E-state index in [1.54, 1.807) is 11.8 Å². The summed E-state index contributed by atoms with van der Waals surface area (Å²) in [4.78, 5) is 14.2. The Hall–Kier alpha value is -2.72. The average Bonchev–Trinajstić information content (AvgIpc) is 2.80. The number of esters is 1. The fraction of sp³-hybridized carbons (Fsp3) is 0.269. The molecule has 0 heterocycles. The first kappa shape index (κ1) is 22.0. The van der Waals surface area contributed by atoms with Crippen LogP contribution in [-0.4, -0.2) is 19.7 Å². The fourth-order valence-electron chi connectivity index (χ4n) is 3.20. The molecule has 3 nitrogen and oxygen atoms in total. The number of carbonyl (C=O) groups is 1. The van der Waals surface area contributed by atoms with Crippen LogP contribution in [0.4, 0.5) is 0 Å². The van der Waals surface area contributed by atoms with E-state index >= 15 is 0 Å². The minimum Gasteiger partial charge on any atom is -0.493 e. The molecule has 1 atom stereocenters. The summed E-state index contributed by atoms with van der Waals surface area (Å²) < 4.78 is 10.8. The topological polar surface area (TPSA) is 35.5 Å². The first-order valence-electron chi connectivity index (χ1n) is 10.3. The highest BCUT2D eigenvalue weighted by molar-refractivity contribution is 7.99. The Morgan fingerprint density at radius 3 is 2.13 bits per heavy atom. The Bertz CT molecular complexity index is 905. The molecule has 156 valence electrons. The minimum atomic E-state index is -0.147. The van der Waals surface area contributed by atoms with Crippen molar-refractivity contribution in [3.05, 3.63) is 90.0 Å². The Kier molecular flexibility index (Phi) is 8.40. The quantitative estimate of drug-likeness (QED) is 0.366. The molecule has 3 rings (SSSR count). The summed E-state index contributed by atoms with van der Waals surface area (Å²) in [7, 11) is 1.44. The van der Waals surface area contributed by atoms with E-state index in [0.29, 0.717) is 13.0 Å². The van der Waals surface area contributed by atoms with Crippen molar-refractivity contribution in [1.29, 1.82) is 0 Å². The van der Waals surface area contributed by atoms with E-state index in [1.807, 2.05) is 37.3 Å². The lowest BCUT2D eigenvalue weighted by Crippen LogP contribution is -2.17. The van der Waals surface area contributed by atoms with Crippen LogP contribution in [0.3, 0.4) is 0 Å². The highest BCUT2D eigenvalue weighted by atomic mass is 32.2. The molecular weight excluding hydrogens is 392 g/mol. The Morgan fingerprint density at radius 1 is 0.867 bits per heavy atom. The van der Waals surface area contributed by atoms with Crippen molar-refractivity contribution in [2.45, 2.75) is 36.0 Å². The molecule has 0 bridgehead atoms. The van der Waals surface area contributed by atoms with Crippen LogP contribution in [0.25, 0.3) is 0 Å². The maximum absolute atomic E-state index is 11.8. The first-order valence-corrected chi connectivity index (χ1v) is 11.1. The summed E-state index contributed by atoms with van der Waals surface area (Å²) in [6.45, 7) is 2.64. The van der Waals surface area contributed by atoms with E-state index in [0.717, 1.165) is 24.2 Å². The van der Waals surface area contributed by atoms with E-state index in [-0.39, 0.29) is 11.9 Å². The third kappa shape index (κ3) is 6.67. The van der Waals surface area contributed by atoms with Gasteiger partial charge in [-0.05, 0) is 60.4 Å². The van der Waals surface area contributed by atoms with Gasteiger partial charge in [-0.25, -0.2) is 0 Å². The van der Waals surface area contributed by atoms with Gasteiger partial charge in [0, 0.05) is 16.2 Å². The van der Waals surface area contributed by atoms with Gasteiger partial charge in [0.2, 0.25) is 0 Å². The SMILES string of the molecule is CCC(Cc1ccc(OCCc2ccc(Sc3ccccc3)cc2)cc1)C(=O)OC. The monoisotopic (exact) mass is 420 g/mol. The number of rotatable bonds is 10. The number of carbonyl (C=O) groups excluding carboxylic acids is 1. The summed E-state index contributed by atoms with van der Waals surface area (Å²) in [5.74, 6) is 0.608. The molecule has 0 saturated heterocycles. The van der Waals surface area contributed by atoms with Crippen molar-refractivity contribution in [3.8, 4) is 5.75 Å². The summed E-state index contributed by atoms with van der Waals surface area (Å²) >= 11 is 1.77. The van der Waals surface area contributed by atoms with Crippen molar-refractivity contribution < 1.29 is 14.3 Å². The van der Waals surface area contributed by atoms with Gasteiger partial charge < -0.3 is 9.47 Å². The maximum Gasteiger partial charge on any atom is 0.308 e. The summed E-state index contributed by atoms with van der Waals surface area (Å²) in [5.41, 5.74) is 2.37. The average molecular weight is 421 g/mol. The van der Waals surface area contributed by atoms with Crippen LogP contribution in [0.1, 0.15) is 24.5 Å². The van der Waals surface area contributed by atoms with Gasteiger partial charge >= 0.3 is 5.97 Å². The molecule has 0 radical (unpaired) electrons. The molecular formula is C26H28O3S. The van der Waals surface area contributed by atoms with Crippen molar-refractivity contribution >= 4 is 17.7 Å². The molecule has 3 aromatic carbocycles. The molecule has 1 unspecified atom stereocenters. The summed E-state index contributed by atoms with van der Waals surface area (Å²) in [6.07, 6.45) is 2.32. The van der Waals surface area contributed by atoms with Crippen molar-refractivity contribution in [3.63, 3.8) is 0 Å². The molecule has 3 aromatic rings. The molecule has 0 aliphatic heterocycles. The van der Waals surface area contributed by atoms with Crippen LogP contribution in [0.5, 0.6) is 5.75 Å². The molecule has 0 spiro atoms. The maximum atomic E-state index is 11.8. The van der Waals surface area contributed by atoms with Gasteiger partial charge in [0.25, 0.3) is 0 Å². The van der Waals surface area contributed by atoms with Gasteiger partial charge in [-0.3, -0.25) is 4.79 Å². The lowest BCUT2D eigenvalue weighted by molar-refractivity contribution is -0.145. The molecule has 0 N–H and O–H groups in total. The molecule has 0 amide bonds. The van der Waals surface area contributed by atoms with Crippen LogP contribution < -0.4 is 4.74 Å². The highest BCUT2D eigenvalue weighted by Gasteiger charge is 2.17. The van der Waals surface area contributed by atoms with Gasteiger partial charge in [0.05, 0.1) is 19.6 Å². The smallest absolute Gasteiger partial charge is 0.308 e. The van der Waals surface area contributed by atoms with E-state index in [4.69, 9.17) is 9.47 Å². The van der Waals surface area contributed by atoms with Crippen LogP contribution in [0.2, 0.25) is 0 Å². The fourth-order valence-corrected chi connectivity index (χ4v) is 4.04. The second kappa shape index (κ2) is 11.5. The van der Waals surface area contributed by atoms with Crippen LogP contribution in [0.15, 0.2) is 88.7 Å². The zero-order valence-corrected chi connectivity index (χ0v) is 18.4. The van der Waals surface area contributed by atoms with Crippen LogP contribution in [-0.2, 0) is 22.4 Å².